The Morgan fingerprint density at radius 1 is 1.23 bits per heavy atom. The van der Waals surface area contributed by atoms with Crippen molar-refractivity contribution in [2.75, 3.05) is 50.6 Å². The predicted molar refractivity (Wildman–Crippen MR) is 105 cm³/mol. The molecule has 0 bridgehead atoms. The molecule has 1 N–H and O–H groups in total. The van der Waals surface area contributed by atoms with Gasteiger partial charge in [-0.15, -0.1) is 5.10 Å². The first-order valence-corrected chi connectivity index (χ1v) is 9.38. The summed E-state index contributed by atoms with van der Waals surface area (Å²) in [6.45, 7) is 4.53. The maximum Gasteiger partial charge on any atom is 0.246 e. The van der Waals surface area contributed by atoms with Crippen molar-refractivity contribution < 1.29 is 4.74 Å². The van der Waals surface area contributed by atoms with Gasteiger partial charge >= 0.3 is 0 Å². The highest BCUT2D eigenvalue weighted by atomic mass is 16.5. The monoisotopic (exact) mass is 358 g/mol. The molecular formula is C19H30N6O. The topological polar surface area (TPSA) is 58.5 Å². The van der Waals surface area contributed by atoms with Gasteiger partial charge in [0.2, 0.25) is 11.9 Å². The maximum absolute atomic E-state index is 5.87. The standard InChI is InChI=1S/C19H30N6O/c1-23(2)15-16-8-6-9-17(14-16)26-13-7-10-20-18-21-19(22-24(18)3)25-11-4-5-12-25/h6,8-9,14H,4-5,7,10-13,15H2,1-3H3,(H,20,21,22). The molecule has 1 aliphatic rings. The van der Waals surface area contributed by atoms with Crippen LogP contribution in [0.2, 0.25) is 0 Å². The highest BCUT2D eigenvalue weighted by Gasteiger charge is 2.17. The van der Waals surface area contributed by atoms with Gasteiger partial charge in [0.1, 0.15) is 5.75 Å². The molecule has 0 spiro atoms. The zero-order valence-electron chi connectivity index (χ0n) is 16.1. The van der Waals surface area contributed by atoms with E-state index in [4.69, 9.17) is 4.74 Å². The van der Waals surface area contributed by atoms with E-state index in [9.17, 15) is 0 Å². The molecule has 7 heteroatoms. The van der Waals surface area contributed by atoms with Gasteiger partial charge in [-0.2, -0.15) is 4.98 Å². The summed E-state index contributed by atoms with van der Waals surface area (Å²) in [5.41, 5.74) is 1.26. The summed E-state index contributed by atoms with van der Waals surface area (Å²) in [6.07, 6.45) is 3.37. The number of rotatable bonds is 9. The first-order valence-electron chi connectivity index (χ1n) is 9.38. The molecule has 1 aliphatic heterocycles. The molecule has 26 heavy (non-hydrogen) atoms. The van der Waals surface area contributed by atoms with Gasteiger partial charge < -0.3 is 19.9 Å². The zero-order chi connectivity index (χ0) is 18.4. The van der Waals surface area contributed by atoms with Crippen molar-refractivity contribution in [1.82, 2.24) is 19.7 Å². The van der Waals surface area contributed by atoms with Crippen LogP contribution < -0.4 is 15.0 Å². The fourth-order valence-corrected chi connectivity index (χ4v) is 3.14. The number of aryl methyl sites for hydroxylation is 1. The summed E-state index contributed by atoms with van der Waals surface area (Å²) in [5, 5.41) is 7.86. The molecule has 3 rings (SSSR count). The first kappa shape index (κ1) is 18.5. The number of anilines is 2. The van der Waals surface area contributed by atoms with E-state index in [2.05, 4.69) is 51.4 Å². The van der Waals surface area contributed by atoms with Gasteiger partial charge in [0.15, 0.2) is 0 Å². The third-order valence-corrected chi connectivity index (χ3v) is 4.41. The molecule has 1 aromatic heterocycles. The van der Waals surface area contributed by atoms with Crippen LogP contribution >= 0.6 is 0 Å². The summed E-state index contributed by atoms with van der Waals surface area (Å²) in [6, 6.07) is 8.29. The molecule has 0 unspecified atom stereocenters. The minimum absolute atomic E-state index is 0.676. The molecule has 1 fully saturated rings. The van der Waals surface area contributed by atoms with E-state index in [1.807, 2.05) is 23.9 Å². The average molecular weight is 358 g/mol. The Morgan fingerprint density at radius 2 is 2.04 bits per heavy atom. The van der Waals surface area contributed by atoms with Crippen molar-refractivity contribution in [3.8, 4) is 5.75 Å². The Hall–Kier alpha value is -2.28. The van der Waals surface area contributed by atoms with Crippen LogP contribution in [0.4, 0.5) is 11.9 Å². The van der Waals surface area contributed by atoms with Crippen LogP contribution in [0.3, 0.4) is 0 Å². The van der Waals surface area contributed by atoms with E-state index >= 15 is 0 Å². The first-order chi connectivity index (χ1) is 12.6. The predicted octanol–water partition coefficient (Wildman–Crippen LogP) is 2.36. The van der Waals surface area contributed by atoms with Gasteiger partial charge in [0.25, 0.3) is 0 Å². The van der Waals surface area contributed by atoms with Gasteiger partial charge in [-0.3, -0.25) is 0 Å². The van der Waals surface area contributed by atoms with Crippen molar-refractivity contribution in [3.05, 3.63) is 29.8 Å². The van der Waals surface area contributed by atoms with Gasteiger partial charge in [-0.25, -0.2) is 4.68 Å². The highest BCUT2D eigenvalue weighted by Crippen LogP contribution is 2.18. The highest BCUT2D eigenvalue weighted by molar-refractivity contribution is 5.38. The van der Waals surface area contributed by atoms with Crippen LogP contribution in [0.25, 0.3) is 0 Å². The SMILES string of the molecule is CN(C)Cc1cccc(OCCCNc2nc(N3CCCC3)nn2C)c1. The Labute approximate surface area is 156 Å². The Bertz CT molecular complexity index is 693. The molecule has 0 saturated carbocycles. The fourth-order valence-electron chi connectivity index (χ4n) is 3.14. The normalized spacial score (nSPS) is 14.2. The summed E-state index contributed by atoms with van der Waals surface area (Å²) >= 11 is 0. The van der Waals surface area contributed by atoms with Crippen LogP contribution in [0.5, 0.6) is 5.75 Å². The molecule has 1 saturated heterocycles. The quantitative estimate of drug-likeness (QED) is 0.695. The summed E-state index contributed by atoms with van der Waals surface area (Å²) < 4.78 is 7.69. The van der Waals surface area contributed by atoms with E-state index in [1.165, 1.54) is 18.4 Å². The van der Waals surface area contributed by atoms with Crippen molar-refractivity contribution in [2.24, 2.45) is 7.05 Å². The van der Waals surface area contributed by atoms with Crippen LogP contribution in [-0.4, -0.2) is 60.0 Å². The minimum Gasteiger partial charge on any atom is -0.494 e. The largest absolute Gasteiger partial charge is 0.494 e. The van der Waals surface area contributed by atoms with Gasteiger partial charge in [-0.05, 0) is 51.1 Å². The van der Waals surface area contributed by atoms with E-state index < -0.39 is 0 Å². The van der Waals surface area contributed by atoms with E-state index in [1.54, 1.807) is 0 Å². The number of aromatic nitrogens is 3. The zero-order valence-corrected chi connectivity index (χ0v) is 16.1. The molecule has 0 atom stereocenters. The summed E-state index contributed by atoms with van der Waals surface area (Å²) in [5.74, 6) is 2.58. The molecule has 2 aromatic rings. The van der Waals surface area contributed by atoms with Crippen molar-refractivity contribution in [2.45, 2.75) is 25.8 Å². The van der Waals surface area contributed by atoms with Crippen molar-refractivity contribution in [1.29, 1.82) is 0 Å². The Morgan fingerprint density at radius 3 is 2.81 bits per heavy atom. The van der Waals surface area contributed by atoms with Crippen LogP contribution in [0, 0.1) is 0 Å². The lowest BCUT2D eigenvalue weighted by atomic mass is 10.2. The third kappa shape index (κ3) is 5.11. The minimum atomic E-state index is 0.676. The molecular weight excluding hydrogens is 328 g/mol. The second-order valence-electron chi connectivity index (χ2n) is 7.07. The molecule has 7 nitrogen and oxygen atoms in total. The van der Waals surface area contributed by atoms with Crippen molar-refractivity contribution >= 4 is 11.9 Å². The second kappa shape index (κ2) is 8.89. The Kier molecular flexibility index (Phi) is 6.33. The molecule has 1 aromatic carbocycles. The lowest BCUT2D eigenvalue weighted by Crippen LogP contribution is -2.19. The summed E-state index contributed by atoms with van der Waals surface area (Å²) in [4.78, 5) is 9.01. The average Bonchev–Trinajstić information content (AvgIpc) is 3.24. The van der Waals surface area contributed by atoms with Crippen molar-refractivity contribution in [3.63, 3.8) is 0 Å². The fraction of sp³-hybridized carbons (Fsp3) is 0.579. The number of hydrogen-bond acceptors (Lipinski definition) is 6. The summed E-state index contributed by atoms with van der Waals surface area (Å²) in [7, 11) is 6.07. The molecule has 0 amide bonds. The molecule has 0 radical (unpaired) electrons. The molecule has 0 aliphatic carbocycles. The lowest BCUT2D eigenvalue weighted by Gasteiger charge is -2.12. The van der Waals surface area contributed by atoms with E-state index in [0.29, 0.717) is 6.61 Å². The van der Waals surface area contributed by atoms with Crippen LogP contribution in [-0.2, 0) is 13.6 Å². The number of benzene rings is 1. The number of nitrogens with one attached hydrogen (secondary N) is 1. The third-order valence-electron chi connectivity index (χ3n) is 4.41. The van der Waals surface area contributed by atoms with Crippen LogP contribution in [0.1, 0.15) is 24.8 Å². The lowest BCUT2D eigenvalue weighted by molar-refractivity contribution is 0.313. The second-order valence-corrected chi connectivity index (χ2v) is 7.07. The van der Waals surface area contributed by atoms with Gasteiger partial charge in [0, 0.05) is 33.2 Å². The number of ether oxygens (including phenoxy) is 1. The van der Waals surface area contributed by atoms with Gasteiger partial charge in [0.05, 0.1) is 6.61 Å². The smallest absolute Gasteiger partial charge is 0.246 e. The van der Waals surface area contributed by atoms with E-state index in [0.717, 1.165) is 50.2 Å². The number of hydrogen-bond donors (Lipinski definition) is 1. The maximum atomic E-state index is 5.87. The molecule has 142 valence electrons. The Balaban J connectivity index is 1.40. The van der Waals surface area contributed by atoms with Gasteiger partial charge in [-0.1, -0.05) is 12.1 Å². The van der Waals surface area contributed by atoms with Crippen LogP contribution in [0.15, 0.2) is 24.3 Å². The number of nitrogens with zero attached hydrogens (tertiary/aromatic N) is 5. The molecule has 2 heterocycles. The van der Waals surface area contributed by atoms with E-state index in [-0.39, 0.29) is 0 Å².